The number of likely N-dealkylation sites (tertiary alicyclic amines) is 1. The second-order valence-corrected chi connectivity index (χ2v) is 9.60. The van der Waals surface area contributed by atoms with Crippen LogP contribution in [-0.2, 0) is 11.3 Å². The first kappa shape index (κ1) is 20.4. The number of carbonyl (C=O) groups is 1. The Hall–Kier alpha value is -1.35. The van der Waals surface area contributed by atoms with Crippen molar-refractivity contribution in [2.24, 2.45) is 0 Å². The molecule has 1 atom stereocenters. The molecule has 0 spiro atoms. The maximum atomic E-state index is 13.1. The van der Waals surface area contributed by atoms with Crippen molar-refractivity contribution < 1.29 is 4.79 Å². The van der Waals surface area contributed by atoms with E-state index in [4.69, 9.17) is 4.98 Å². The van der Waals surface area contributed by atoms with Crippen LogP contribution in [0, 0.1) is 3.57 Å². The number of fused-ring (bicyclic) bond motifs is 1. The third-order valence-corrected chi connectivity index (χ3v) is 6.36. The van der Waals surface area contributed by atoms with Crippen molar-refractivity contribution in [3.05, 3.63) is 44.3 Å². The summed E-state index contributed by atoms with van der Waals surface area (Å²) in [6.07, 6.45) is 3.32. The Morgan fingerprint density at radius 2 is 2.04 bits per heavy atom. The summed E-state index contributed by atoms with van der Waals surface area (Å²) in [7, 11) is 0. The lowest BCUT2D eigenvalue weighted by atomic mass is 10.1. The van der Waals surface area contributed by atoms with Crippen LogP contribution in [0.1, 0.15) is 33.1 Å². The van der Waals surface area contributed by atoms with Gasteiger partial charge in [0.05, 0.1) is 16.2 Å². The third kappa shape index (κ3) is 4.74. The molecule has 2 aromatic rings. The van der Waals surface area contributed by atoms with Gasteiger partial charge in [0.1, 0.15) is 0 Å². The molecule has 0 radical (unpaired) electrons. The fourth-order valence-corrected chi connectivity index (χ4v) is 4.74. The zero-order chi connectivity index (χ0) is 19.6. The van der Waals surface area contributed by atoms with E-state index >= 15 is 0 Å². The van der Waals surface area contributed by atoms with Crippen molar-refractivity contribution in [1.82, 2.24) is 14.5 Å². The standard InChI is InChI=1S/C20H24IN3O2S/c1-13(2)12-24-19(26)16-11-15(21)7-8-17(16)22-20(24)27-14(3)18(25)23-9-5-4-6-10-23/h7-8,11,14H,1,4-6,9-10,12H2,2-3H3/t14-/m0/s1. The molecule has 1 aromatic heterocycles. The largest absolute Gasteiger partial charge is 0.342 e. The van der Waals surface area contributed by atoms with Crippen molar-refractivity contribution in [3.8, 4) is 0 Å². The average molecular weight is 497 g/mol. The van der Waals surface area contributed by atoms with Crippen LogP contribution in [-0.4, -0.2) is 38.7 Å². The summed E-state index contributed by atoms with van der Waals surface area (Å²) in [4.78, 5) is 32.5. The van der Waals surface area contributed by atoms with Crippen LogP contribution >= 0.6 is 34.4 Å². The van der Waals surface area contributed by atoms with Gasteiger partial charge in [-0.05, 0) is 73.9 Å². The first-order valence-corrected chi connectivity index (χ1v) is 11.1. The van der Waals surface area contributed by atoms with Crippen molar-refractivity contribution in [1.29, 1.82) is 0 Å². The van der Waals surface area contributed by atoms with Gasteiger partial charge in [-0.25, -0.2) is 4.98 Å². The minimum absolute atomic E-state index is 0.0818. The molecule has 1 aliphatic heterocycles. The fraction of sp³-hybridized carbons (Fsp3) is 0.450. The van der Waals surface area contributed by atoms with Gasteiger partial charge in [-0.1, -0.05) is 23.9 Å². The molecule has 0 bridgehead atoms. The van der Waals surface area contributed by atoms with E-state index in [9.17, 15) is 9.59 Å². The van der Waals surface area contributed by atoms with Crippen LogP contribution in [0.5, 0.6) is 0 Å². The lowest BCUT2D eigenvalue weighted by molar-refractivity contribution is -0.131. The third-order valence-electron chi connectivity index (χ3n) is 4.61. The number of piperidine rings is 1. The summed E-state index contributed by atoms with van der Waals surface area (Å²) in [5.41, 5.74) is 1.46. The van der Waals surface area contributed by atoms with Gasteiger partial charge in [0.2, 0.25) is 5.91 Å². The average Bonchev–Trinajstić information content (AvgIpc) is 2.65. The topological polar surface area (TPSA) is 55.2 Å². The predicted octanol–water partition coefficient (Wildman–Crippen LogP) is 4.07. The molecular weight excluding hydrogens is 473 g/mol. The molecule has 0 aliphatic carbocycles. The van der Waals surface area contributed by atoms with E-state index in [1.165, 1.54) is 18.2 Å². The van der Waals surface area contributed by atoms with Gasteiger partial charge in [0.15, 0.2) is 5.16 Å². The highest BCUT2D eigenvalue weighted by molar-refractivity contribution is 14.1. The van der Waals surface area contributed by atoms with Crippen LogP contribution in [0.25, 0.3) is 10.9 Å². The molecule has 0 unspecified atom stereocenters. The van der Waals surface area contributed by atoms with Crippen LogP contribution in [0.15, 0.2) is 40.3 Å². The number of nitrogens with zero attached hydrogens (tertiary/aromatic N) is 3. The van der Waals surface area contributed by atoms with Crippen molar-refractivity contribution in [2.75, 3.05) is 13.1 Å². The van der Waals surface area contributed by atoms with Crippen LogP contribution < -0.4 is 5.56 Å². The molecule has 3 rings (SSSR count). The molecule has 27 heavy (non-hydrogen) atoms. The predicted molar refractivity (Wildman–Crippen MR) is 119 cm³/mol. The van der Waals surface area contributed by atoms with Crippen molar-refractivity contribution >= 4 is 51.2 Å². The van der Waals surface area contributed by atoms with Gasteiger partial charge >= 0.3 is 0 Å². The molecule has 1 fully saturated rings. The number of allylic oxidation sites excluding steroid dienone is 1. The lowest BCUT2D eigenvalue weighted by Gasteiger charge is -2.29. The van der Waals surface area contributed by atoms with Crippen molar-refractivity contribution in [2.45, 2.75) is 50.1 Å². The van der Waals surface area contributed by atoms with E-state index in [1.807, 2.05) is 36.9 Å². The molecule has 1 aromatic carbocycles. The van der Waals surface area contributed by atoms with E-state index in [1.54, 1.807) is 4.57 Å². The molecule has 7 heteroatoms. The van der Waals surface area contributed by atoms with Gasteiger partial charge in [0, 0.05) is 23.2 Å². The Kier molecular flexibility index (Phi) is 6.62. The zero-order valence-corrected chi connectivity index (χ0v) is 18.7. The number of hydrogen-bond acceptors (Lipinski definition) is 4. The Bertz CT molecular complexity index is 935. The highest BCUT2D eigenvalue weighted by Gasteiger charge is 2.25. The number of hydrogen-bond donors (Lipinski definition) is 0. The van der Waals surface area contributed by atoms with E-state index in [0.29, 0.717) is 22.6 Å². The number of halogens is 1. The van der Waals surface area contributed by atoms with Gasteiger partial charge in [-0.2, -0.15) is 0 Å². The molecule has 1 saturated heterocycles. The SMILES string of the molecule is C=C(C)Cn1c(S[C@@H](C)C(=O)N2CCCCC2)nc2ccc(I)cc2c1=O. The Morgan fingerprint density at radius 1 is 1.33 bits per heavy atom. The molecule has 5 nitrogen and oxygen atoms in total. The van der Waals surface area contributed by atoms with Crippen LogP contribution in [0.2, 0.25) is 0 Å². The van der Waals surface area contributed by atoms with E-state index in [-0.39, 0.29) is 16.7 Å². The molecule has 2 heterocycles. The summed E-state index contributed by atoms with van der Waals surface area (Å²) in [5, 5.41) is 0.893. The minimum Gasteiger partial charge on any atom is -0.342 e. The van der Waals surface area contributed by atoms with E-state index in [0.717, 1.165) is 35.1 Å². The Morgan fingerprint density at radius 3 is 2.70 bits per heavy atom. The number of benzene rings is 1. The summed E-state index contributed by atoms with van der Waals surface area (Å²) < 4.78 is 2.64. The molecule has 144 valence electrons. The van der Waals surface area contributed by atoms with Gasteiger partial charge in [-0.15, -0.1) is 0 Å². The maximum absolute atomic E-state index is 13.1. The molecule has 0 saturated carbocycles. The summed E-state index contributed by atoms with van der Waals surface area (Å²) in [5.74, 6) is 0.124. The number of carbonyl (C=O) groups excluding carboxylic acids is 1. The molecular formula is C20H24IN3O2S. The van der Waals surface area contributed by atoms with Crippen LogP contribution in [0.4, 0.5) is 0 Å². The second kappa shape index (κ2) is 8.77. The number of thioether (sulfide) groups is 1. The molecule has 0 N–H and O–H groups in total. The number of amides is 1. The molecule has 1 aliphatic rings. The summed E-state index contributed by atoms with van der Waals surface area (Å²) >= 11 is 3.56. The molecule has 1 amide bonds. The Labute approximate surface area is 177 Å². The maximum Gasteiger partial charge on any atom is 0.262 e. The number of rotatable bonds is 5. The fourth-order valence-electron chi connectivity index (χ4n) is 3.25. The number of aromatic nitrogens is 2. The summed E-state index contributed by atoms with van der Waals surface area (Å²) in [6.45, 7) is 9.79. The van der Waals surface area contributed by atoms with Crippen LogP contribution in [0.3, 0.4) is 0 Å². The van der Waals surface area contributed by atoms with E-state index < -0.39 is 0 Å². The summed E-state index contributed by atoms with van der Waals surface area (Å²) in [6, 6.07) is 5.66. The zero-order valence-electron chi connectivity index (χ0n) is 15.7. The van der Waals surface area contributed by atoms with E-state index in [2.05, 4.69) is 29.2 Å². The smallest absolute Gasteiger partial charge is 0.262 e. The van der Waals surface area contributed by atoms with Gasteiger partial charge in [-0.3, -0.25) is 14.2 Å². The highest BCUT2D eigenvalue weighted by Crippen LogP contribution is 2.26. The van der Waals surface area contributed by atoms with Crippen molar-refractivity contribution in [3.63, 3.8) is 0 Å². The first-order valence-electron chi connectivity index (χ1n) is 9.16. The van der Waals surface area contributed by atoms with Gasteiger partial charge in [0.25, 0.3) is 5.56 Å². The minimum atomic E-state index is -0.285. The van der Waals surface area contributed by atoms with Gasteiger partial charge < -0.3 is 4.90 Å². The normalized spacial score (nSPS) is 15.7. The first-order chi connectivity index (χ1) is 12.9. The highest BCUT2D eigenvalue weighted by atomic mass is 127. The monoisotopic (exact) mass is 497 g/mol. The second-order valence-electron chi connectivity index (χ2n) is 7.05. The lowest BCUT2D eigenvalue weighted by Crippen LogP contribution is -2.40. The quantitative estimate of drug-likeness (QED) is 0.271. The Balaban J connectivity index is 1.96.